The van der Waals surface area contributed by atoms with Gasteiger partial charge in [-0.3, -0.25) is 14.9 Å². The smallest absolute Gasteiger partial charge is 0.134 e. The zero-order valence-corrected chi connectivity index (χ0v) is 20.0. The van der Waals surface area contributed by atoms with E-state index in [1.165, 1.54) is 6.07 Å². The zero-order valence-electron chi connectivity index (χ0n) is 20.0. The van der Waals surface area contributed by atoms with Gasteiger partial charge in [-0.2, -0.15) is 0 Å². The highest BCUT2D eigenvalue weighted by Gasteiger charge is 2.29. The van der Waals surface area contributed by atoms with Crippen molar-refractivity contribution in [3.63, 3.8) is 0 Å². The minimum atomic E-state index is -0.205. The van der Waals surface area contributed by atoms with Crippen LogP contribution in [0.1, 0.15) is 12.8 Å². The Bertz CT molecular complexity index is 1350. The molecule has 0 atom stereocenters. The average Bonchev–Trinajstić information content (AvgIpc) is 2.92. The fraction of sp³-hybridized carbons (Fsp3) is 0.357. The van der Waals surface area contributed by atoms with Crippen molar-refractivity contribution in [3.05, 3.63) is 66.7 Å². The van der Waals surface area contributed by atoms with Gasteiger partial charge in [0.05, 0.1) is 29.5 Å². The first-order valence-electron chi connectivity index (χ1n) is 12.4. The predicted octanol–water partition coefficient (Wildman–Crippen LogP) is 4.72. The molecule has 180 valence electrons. The SMILES string of the molecule is COc1cc(N2CCN(C3CCN(c4cccc5c(F)ccnc45)CC3)CC2)c2ncccc2c1. The Morgan fingerprint density at radius 3 is 2.37 bits per heavy atom. The van der Waals surface area contributed by atoms with E-state index in [4.69, 9.17) is 4.74 Å². The summed E-state index contributed by atoms with van der Waals surface area (Å²) in [7, 11) is 1.72. The molecule has 0 unspecified atom stereocenters. The van der Waals surface area contributed by atoms with Crippen LogP contribution in [-0.2, 0) is 0 Å². The lowest BCUT2D eigenvalue weighted by Crippen LogP contribution is -2.53. The number of piperidine rings is 1. The molecule has 6 rings (SSSR count). The zero-order chi connectivity index (χ0) is 23.8. The average molecular weight is 472 g/mol. The molecular weight excluding hydrogens is 441 g/mol. The molecule has 0 aliphatic carbocycles. The van der Waals surface area contributed by atoms with E-state index in [1.807, 2.05) is 24.4 Å². The number of ether oxygens (including phenoxy) is 1. The number of hydrogen-bond acceptors (Lipinski definition) is 6. The molecule has 0 radical (unpaired) electrons. The molecule has 4 heterocycles. The number of halogens is 1. The van der Waals surface area contributed by atoms with Crippen molar-refractivity contribution in [2.45, 2.75) is 18.9 Å². The van der Waals surface area contributed by atoms with Crippen molar-refractivity contribution in [1.29, 1.82) is 0 Å². The van der Waals surface area contributed by atoms with Crippen LogP contribution in [0.4, 0.5) is 15.8 Å². The largest absolute Gasteiger partial charge is 0.497 e. The fourth-order valence-electron chi connectivity index (χ4n) is 5.69. The van der Waals surface area contributed by atoms with Crippen LogP contribution < -0.4 is 14.5 Å². The van der Waals surface area contributed by atoms with Crippen molar-refractivity contribution in [2.75, 3.05) is 56.2 Å². The van der Waals surface area contributed by atoms with Crippen LogP contribution in [-0.4, -0.2) is 67.3 Å². The number of methoxy groups -OCH3 is 1. The standard InChI is InChI=1S/C28H30FN5O/c1-35-22-18-20-4-3-10-30-27(20)26(19-22)34-16-14-32(15-17-34)21-8-12-33(13-9-21)25-6-2-5-23-24(29)7-11-31-28(23)25/h2-7,10-11,18-19,21H,8-9,12-17H2,1H3. The highest BCUT2D eigenvalue weighted by atomic mass is 19.1. The number of benzene rings is 2. The van der Waals surface area contributed by atoms with Gasteiger partial charge in [0, 0.05) is 74.5 Å². The van der Waals surface area contributed by atoms with E-state index in [0.717, 1.165) is 85.7 Å². The van der Waals surface area contributed by atoms with Crippen LogP contribution in [0.5, 0.6) is 5.75 Å². The minimum Gasteiger partial charge on any atom is -0.497 e. The molecule has 6 nitrogen and oxygen atoms in total. The van der Waals surface area contributed by atoms with E-state index >= 15 is 0 Å². The van der Waals surface area contributed by atoms with Crippen LogP contribution >= 0.6 is 0 Å². The maximum atomic E-state index is 14.2. The summed E-state index contributed by atoms with van der Waals surface area (Å²) in [5.74, 6) is 0.668. The lowest BCUT2D eigenvalue weighted by Gasteiger charge is -2.44. The van der Waals surface area contributed by atoms with Crippen molar-refractivity contribution in [3.8, 4) is 5.75 Å². The number of para-hydroxylation sites is 1. The first-order valence-corrected chi connectivity index (χ1v) is 12.4. The lowest BCUT2D eigenvalue weighted by atomic mass is 10.0. The quantitative estimate of drug-likeness (QED) is 0.429. The second kappa shape index (κ2) is 9.30. The maximum Gasteiger partial charge on any atom is 0.134 e. The molecule has 35 heavy (non-hydrogen) atoms. The summed E-state index contributed by atoms with van der Waals surface area (Å²) in [5, 5.41) is 1.71. The second-order valence-corrected chi connectivity index (χ2v) is 9.43. The Kier molecular flexibility index (Phi) is 5.86. The number of piperazine rings is 1. The third-order valence-corrected chi connectivity index (χ3v) is 7.57. The molecule has 4 aromatic rings. The van der Waals surface area contributed by atoms with Crippen molar-refractivity contribution < 1.29 is 9.13 Å². The van der Waals surface area contributed by atoms with Crippen LogP contribution in [0.2, 0.25) is 0 Å². The Hall–Kier alpha value is -3.45. The highest BCUT2D eigenvalue weighted by molar-refractivity contribution is 5.92. The Balaban J connectivity index is 1.12. The van der Waals surface area contributed by atoms with Gasteiger partial charge in [-0.15, -0.1) is 0 Å². The van der Waals surface area contributed by atoms with Gasteiger partial charge in [-0.05, 0) is 43.2 Å². The molecule has 0 spiro atoms. The minimum absolute atomic E-state index is 0.205. The summed E-state index contributed by atoms with van der Waals surface area (Å²) in [6.45, 7) is 5.96. The van der Waals surface area contributed by atoms with Crippen molar-refractivity contribution >= 4 is 33.2 Å². The number of fused-ring (bicyclic) bond motifs is 2. The van der Waals surface area contributed by atoms with Gasteiger partial charge in [0.15, 0.2) is 0 Å². The number of aromatic nitrogens is 2. The molecule has 2 aliphatic heterocycles. The summed E-state index contributed by atoms with van der Waals surface area (Å²) < 4.78 is 19.8. The maximum absolute atomic E-state index is 14.2. The third kappa shape index (κ3) is 4.14. The van der Waals surface area contributed by atoms with Crippen LogP contribution in [0, 0.1) is 5.82 Å². The molecular formula is C28H30FN5O. The van der Waals surface area contributed by atoms with Crippen LogP contribution in [0.3, 0.4) is 0 Å². The topological polar surface area (TPSA) is 44.7 Å². The lowest BCUT2D eigenvalue weighted by molar-refractivity contribution is 0.160. The summed E-state index contributed by atoms with van der Waals surface area (Å²) in [6.07, 6.45) is 5.64. The second-order valence-electron chi connectivity index (χ2n) is 9.43. The number of nitrogens with zero attached hydrogens (tertiary/aromatic N) is 5. The van der Waals surface area contributed by atoms with E-state index in [1.54, 1.807) is 13.3 Å². The van der Waals surface area contributed by atoms with Gasteiger partial charge in [-0.1, -0.05) is 12.1 Å². The molecule has 2 aromatic heterocycles. The molecule has 7 heteroatoms. The Morgan fingerprint density at radius 1 is 0.800 bits per heavy atom. The monoisotopic (exact) mass is 471 g/mol. The number of rotatable bonds is 4. The van der Waals surface area contributed by atoms with Crippen molar-refractivity contribution in [2.24, 2.45) is 0 Å². The summed E-state index contributed by atoms with van der Waals surface area (Å²) in [5.41, 5.74) is 4.00. The molecule has 2 saturated heterocycles. The number of anilines is 2. The normalized spacial score (nSPS) is 17.9. The Labute approximate surface area is 204 Å². The van der Waals surface area contributed by atoms with E-state index in [9.17, 15) is 4.39 Å². The molecule has 2 fully saturated rings. The van der Waals surface area contributed by atoms with E-state index in [2.05, 4.69) is 48.9 Å². The molecule has 0 saturated carbocycles. The first kappa shape index (κ1) is 22.0. The van der Waals surface area contributed by atoms with Crippen LogP contribution in [0.15, 0.2) is 60.9 Å². The summed E-state index contributed by atoms with van der Waals surface area (Å²) in [4.78, 5) is 16.6. The molecule has 0 amide bonds. The van der Waals surface area contributed by atoms with Gasteiger partial charge >= 0.3 is 0 Å². The van der Waals surface area contributed by atoms with Gasteiger partial charge in [0.2, 0.25) is 0 Å². The summed E-state index contributed by atoms with van der Waals surface area (Å²) >= 11 is 0. The van der Waals surface area contributed by atoms with Gasteiger partial charge in [-0.25, -0.2) is 4.39 Å². The highest BCUT2D eigenvalue weighted by Crippen LogP contribution is 2.33. The summed E-state index contributed by atoms with van der Waals surface area (Å²) in [6, 6.07) is 16.1. The van der Waals surface area contributed by atoms with E-state index in [-0.39, 0.29) is 5.82 Å². The molecule has 0 N–H and O–H groups in total. The number of hydrogen-bond donors (Lipinski definition) is 0. The van der Waals surface area contributed by atoms with Gasteiger partial charge < -0.3 is 14.5 Å². The third-order valence-electron chi connectivity index (χ3n) is 7.57. The molecule has 2 aliphatic rings. The number of pyridine rings is 2. The van der Waals surface area contributed by atoms with E-state index in [0.29, 0.717) is 11.4 Å². The Morgan fingerprint density at radius 2 is 1.57 bits per heavy atom. The molecule has 2 aromatic carbocycles. The van der Waals surface area contributed by atoms with Crippen LogP contribution in [0.25, 0.3) is 21.8 Å². The first-order chi connectivity index (χ1) is 17.2. The van der Waals surface area contributed by atoms with Crippen molar-refractivity contribution in [1.82, 2.24) is 14.9 Å². The fourth-order valence-corrected chi connectivity index (χ4v) is 5.69. The molecule has 0 bridgehead atoms. The van der Waals surface area contributed by atoms with E-state index < -0.39 is 0 Å². The predicted molar refractivity (Wildman–Crippen MR) is 139 cm³/mol. The van der Waals surface area contributed by atoms with Gasteiger partial charge in [0.25, 0.3) is 0 Å². The van der Waals surface area contributed by atoms with Gasteiger partial charge in [0.1, 0.15) is 11.6 Å².